The van der Waals surface area contributed by atoms with E-state index in [2.05, 4.69) is 30.5 Å². The van der Waals surface area contributed by atoms with Crippen LogP contribution in [0.4, 0.5) is 0 Å². The smallest absolute Gasteiger partial charge is 0.242 e. The number of aryl methyl sites for hydroxylation is 1. The zero-order valence-corrected chi connectivity index (χ0v) is 18.1. The summed E-state index contributed by atoms with van der Waals surface area (Å²) in [5.41, 5.74) is 3.59. The number of amides is 2. The van der Waals surface area contributed by atoms with Gasteiger partial charge in [0.2, 0.25) is 11.8 Å². The molecule has 0 aliphatic carbocycles. The predicted octanol–water partition coefficient (Wildman–Crippen LogP) is 4.43. The Kier molecular flexibility index (Phi) is 6.55. The zero-order valence-electron chi connectivity index (χ0n) is 17.3. The van der Waals surface area contributed by atoms with Gasteiger partial charge in [-0.1, -0.05) is 38.1 Å². The highest BCUT2D eigenvalue weighted by molar-refractivity contribution is 7.10. The molecule has 1 aliphatic rings. The number of rotatable bonds is 6. The van der Waals surface area contributed by atoms with E-state index in [1.165, 1.54) is 21.6 Å². The molecule has 3 rings (SSSR count). The SMILES string of the molecule is CCN(CC(=O)N1CCc2sccc2[C@H]1c1ccccc1C)C(=O)CC(C)C. The van der Waals surface area contributed by atoms with E-state index in [0.717, 1.165) is 6.42 Å². The van der Waals surface area contributed by atoms with Crippen molar-refractivity contribution in [2.75, 3.05) is 19.6 Å². The van der Waals surface area contributed by atoms with Crippen molar-refractivity contribution in [2.24, 2.45) is 5.92 Å². The fraction of sp³-hybridized carbons (Fsp3) is 0.478. The van der Waals surface area contributed by atoms with Crippen LogP contribution >= 0.6 is 11.3 Å². The van der Waals surface area contributed by atoms with Crippen LogP contribution in [0.25, 0.3) is 0 Å². The van der Waals surface area contributed by atoms with E-state index >= 15 is 0 Å². The van der Waals surface area contributed by atoms with Gasteiger partial charge in [0, 0.05) is 24.4 Å². The third kappa shape index (κ3) is 4.30. The summed E-state index contributed by atoms with van der Waals surface area (Å²) >= 11 is 1.77. The van der Waals surface area contributed by atoms with Crippen LogP contribution in [-0.2, 0) is 16.0 Å². The van der Waals surface area contributed by atoms with Crippen molar-refractivity contribution in [3.8, 4) is 0 Å². The molecule has 0 bridgehead atoms. The Hall–Kier alpha value is -2.14. The fourth-order valence-electron chi connectivity index (χ4n) is 3.92. The standard InChI is InChI=1S/C23H30N2O2S/c1-5-24(21(26)14-16(2)3)15-22(27)25-12-10-20-19(11-13-28-20)23(25)18-9-7-6-8-17(18)4/h6-9,11,13,16,23H,5,10,12,14-15H2,1-4H3/t23-/m1/s1. The number of carbonyl (C=O) groups is 2. The Morgan fingerprint density at radius 1 is 1.21 bits per heavy atom. The van der Waals surface area contributed by atoms with Crippen LogP contribution in [-0.4, -0.2) is 41.2 Å². The zero-order chi connectivity index (χ0) is 20.3. The molecular formula is C23H30N2O2S. The molecule has 150 valence electrons. The molecule has 2 aromatic rings. The Bertz CT molecular complexity index is 843. The van der Waals surface area contributed by atoms with Gasteiger partial charge < -0.3 is 9.80 Å². The molecule has 1 atom stereocenters. The summed E-state index contributed by atoms with van der Waals surface area (Å²) in [6.07, 6.45) is 1.37. The van der Waals surface area contributed by atoms with E-state index in [9.17, 15) is 9.59 Å². The molecule has 2 amide bonds. The maximum absolute atomic E-state index is 13.3. The van der Waals surface area contributed by atoms with Gasteiger partial charge in [0.1, 0.15) is 0 Å². The van der Waals surface area contributed by atoms with E-state index in [4.69, 9.17) is 0 Å². The highest BCUT2D eigenvalue weighted by atomic mass is 32.1. The summed E-state index contributed by atoms with van der Waals surface area (Å²) in [5, 5.41) is 2.12. The Morgan fingerprint density at radius 2 is 1.96 bits per heavy atom. The lowest BCUT2D eigenvalue weighted by Gasteiger charge is -2.38. The van der Waals surface area contributed by atoms with Crippen molar-refractivity contribution in [2.45, 2.75) is 46.6 Å². The molecule has 1 aromatic heterocycles. The molecule has 0 radical (unpaired) electrons. The normalized spacial score (nSPS) is 16.2. The lowest BCUT2D eigenvalue weighted by molar-refractivity contribution is -0.142. The number of hydrogen-bond donors (Lipinski definition) is 0. The number of thiophene rings is 1. The second-order valence-electron chi connectivity index (χ2n) is 7.90. The number of carbonyl (C=O) groups excluding carboxylic acids is 2. The number of nitrogens with zero attached hydrogens (tertiary/aromatic N) is 2. The van der Waals surface area contributed by atoms with Gasteiger partial charge in [-0.25, -0.2) is 0 Å². The van der Waals surface area contributed by atoms with Crippen LogP contribution in [0.5, 0.6) is 0 Å². The molecule has 5 heteroatoms. The molecule has 1 aromatic carbocycles. The second-order valence-corrected chi connectivity index (χ2v) is 8.90. The molecule has 0 unspecified atom stereocenters. The molecule has 28 heavy (non-hydrogen) atoms. The van der Waals surface area contributed by atoms with Gasteiger partial charge in [-0.15, -0.1) is 11.3 Å². The van der Waals surface area contributed by atoms with Crippen molar-refractivity contribution in [3.05, 3.63) is 57.3 Å². The number of likely N-dealkylation sites (N-methyl/N-ethyl adjacent to an activating group) is 1. The van der Waals surface area contributed by atoms with Crippen LogP contribution in [0.2, 0.25) is 0 Å². The molecule has 2 heterocycles. The first-order chi connectivity index (χ1) is 13.4. The van der Waals surface area contributed by atoms with Crippen molar-refractivity contribution < 1.29 is 9.59 Å². The first-order valence-corrected chi connectivity index (χ1v) is 11.0. The summed E-state index contributed by atoms with van der Waals surface area (Å²) in [5.74, 6) is 0.385. The molecule has 0 N–H and O–H groups in total. The summed E-state index contributed by atoms with van der Waals surface area (Å²) in [7, 11) is 0. The minimum absolute atomic E-state index is 0.0315. The highest BCUT2D eigenvalue weighted by Crippen LogP contribution is 2.38. The molecular weight excluding hydrogens is 368 g/mol. The lowest BCUT2D eigenvalue weighted by Crippen LogP contribution is -2.47. The van der Waals surface area contributed by atoms with E-state index in [1.54, 1.807) is 16.2 Å². The Labute approximate surface area is 172 Å². The summed E-state index contributed by atoms with van der Waals surface area (Å²) in [6, 6.07) is 10.4. The van der Waals surface area contributed by atoms with Crippen LogP contribution < -0.4 is 0 Å². The lowest BCUT2D eigenvalue weighted by atomic mass is 9.90. The number of hydrogen-bond acceptors (Lipinski definition) is 3. The van der Waals surface area contributed by atoms with Crippen LogP contribution in [0, 0.1) is 12.8 Å². The van der Waals surface area contributed by atoms with Gasteiger partial charge in [-0.05, 0) is 54.3 Å². The third-order valence-corrected chi connectivity index (χ3v) is 6.41. The molecule has 0 fully saturated rings. The van der Waals surface area contributed by atoms with Gasteiger partial charge in [0.15, 0.2) is 0 Å². The minimum atomic E-state index is -0.0670. The van der Waals surface area contributed by atoms with E-state index in [-0.39, 0.29) is 24.4 Å². The van der Waals surface area contributed by atoms with Crippen molar-refractivity contribution in [1.82, 2.24) is 9.80 Å². The molecule has 0 saturated heterocycles. The Balaban J connectivity index is 1.88. The summed E-state index contributed by atoms with van der Waals surface area (Å²) in [4.78, 5) is 30.9. The second kappa shape index (κ2) is 8.91. The van der Waals surface area contributed by atoms with Crippen LogP contribution in [0.1, 0.15) is 54.8 Å². The van der Waals surface area contributed by atoms with Crippen LogP contribution in [0.3, 0.4) is 0 Å². The third-order valence-electron chi connectivity index (χ3n) is 5.41. The maximum atomic E-state index is 13.3. The maximum Gasteiger partial charge on any atom is 0.242 e. The van der Waals surface area contributed by atoms with Gasteiger partial charge in [-0.2, -0.15) is 0 Å². The van der Waals surface area contributed by atoms with E-state index < -0.39 is 0 Å². The van der Waals surface area contributed by atoms with Gasteiger partial charge in [-0.3, -0.25) is 9.59 Å². The molecule has 1 aliphatic heterocycles. The van der Waals surface area contributed by atoms with Crippen molar-refractivity contribution in [3.63, 3.8) is 0 Å². The van der Waals surface area contributed by atoms with Crippen molar-refractivity contribution in [1.29, 1.82) is 0 Å². The number of fused-ring (bicyclic) bond motifs is 1. The first-order valence-electron chi connectivity index (χ1n) is 10.1. The average Bonchev–Trinajstić information content (AvgIpc) is 3.14. The largest absolute Gasteiger partial charge is 0.334 e. The van der Waals surface area contributed by atoms with Crippen molar-refractivity contribution >= 4 is 23.2 Å². The first kappa shape index (κ1) is 20.6. The topological polar surface area (TPSA) is 40.6 Å². The predicted molar refractivity (Wildman–Crippen MR) is 114 cm³/mol. The Morgan fingerprint density at radius 3 is 2.64 bits per heavy atom. The average molecular weight is 399 g/mol. The van der Waals surface area contributed by atoms with E-state index in [1.807, 2.05) is 37.8 Å². The monoisotopic (exact) mass is 398 g/mol. The van der Waals surface area contributed by atoms with E-state index in [0.29, 0.717) is 25.4 Å². The molecule has 4 nitrogen and oxygen atoms in total. The molecule has 0 saturated carbocycles. The van der Waals surface area contributed by atoms with Gasteiger partial charge in [0.05, 0.1) is 12.6 Å². The highest BCUT2D eigenvalue weighted by Gasteiger charge is 2.34. The van der Waals surface area contributed by atoms with Gasteiger partial charge in [0.25, 0.3) is 0 Å². The minimum Gasteiger partial charge on any atom is -0.334 e. The molecule has 0 spiro atoms. The van der Waals surface area contributed by atoms with Crippen LogP contribution in [0.15, 0.2) is 35.7 Å². The quantitative estimate of drug-likeness (QED) is 0.722. The fourth-order valence-corrected chi connectivity index (χ4v) is 4.83. The summed E-state index contributed by atoms with van der Waals surface area (Å²) in [6.45, 7) is 9.52. The number of benzene rings is 1. The summed E-state index contributed by atoms with van der Waals surface area (Å²) < 4.78 is 0. The van der Waals surface area contributed by atoms with Gasteiger partial charge >= 0.3 is 0 Å².